The third-order valence-electron chi connectivity index (χ3n) is 3.66. The quantitative estimate of drug-likeness (QED) is 0.764. The lowest BCUT2D eigenvalue weighted by Crippen LogP contribution is -2.24. The zero-order valence-corrected chi connectivity index (χ0v) is 12.1. The van der Waals surface area contributed by atoms with Crippen LogP contribution in [-0.2, 0) is 11.3 Å². The van der Waals surface area contributed by atoms with E-state index >= 15 is 0 Å². The first-order valence-electron chi connectivity index (χ1n) is 7.22. The number of hydrogen-bond donors (Lipinski definition) is 1. The van der Waals surface area contributed by atoms with Gasteiger partial charge in [0.25, 0.3) is 0 Å². The second-order valence-electron chi connectivity index (χ2n) is 5.24. The normalized spacial score (nSPS) is 19.1. The highest BCUT2D eigenvalue weighted by Gasteiger charge is 2.24. The van der Waals surface area contributed by atoms with E-state index in [4.69, 9.17) is 4.74 Å². The Hall–Kier alpha value is -1.13. The maximum Gasteiger partial charge on any atom is 0.0598 e. The fourth-order valence-electron chi connectivity index (χ4n) is 2.67. The van der Waals surface area contributed by atoms with Crippen molar-refractivity contribution in [2.24, 2.45) is 5.92 Å². The molecule has 1 aromatic heterocycles. The summed E-state index contributed by atoms with van der Waals surface area (Å²) in [5.41, 5.74) is 2.63. The van der Waals surface area contributed by atoms with Crippen molar-refractivity contribution in [3.63, 3.8) is 0 Å². The van der Waals surface area contributed by atoms with Crippen molar-refractivity contribution in [3.05, 3.63) is 24.0 Å². The molecular formula is C15H25N3O. The van der Waals surface area contributed by atoms with Crippen molar-refractivity contribution in [2.75, 3.05) is 38.3 Å². The molecular weight excluding hydrogens is 238 g/mol. The van der Waals surface area contributed by atoms with Crippen LogP contribution in [0.5, 0.6) is 0 Å². The van der Waals surface area contributed by atoms with E-state index in [1.807, 2.05) is 12.4 Å². The van der Waals surface area contributed by atoms with Crippen molar-refractivity contribution in [2.45, 2.75) is 26.3 Å². The molecule has 0 bridgehead atoms. The fraction of sp³-hybridized carbons (Fsp3) is 0.667. The van der Waals surface area contributed by atoms with Crippen molar-refractivity contribution in [3.8, 4) is 0 Å². The Labute approximate surface area is 116 Å². The third-order valence-corrected chi connectivity index (χ3v) is 3.66. The van der Waals surface area contributed by atoms with E-state index in [-0.39, 0.29) is 0 Å². The molecule has 4 nitrogen and oxygen atoms in total. The minimum atomic E-state index is 0.654. The molecule has 0 aromatic carbocycles. The van der Waals surface area contributed by atoms with Gasteiger partial charge in [-0.3, -0.25) is 4.98 Å². The van der Waals surface area contributed by atoms with E-state index in [2.05, 4.69) is 28.2 Å². The van der Waals surface area contributed by atoms with Gasteiger partial charge < -0.3 is 15.0 Å². The van der Waals surface area contributed by atoms with Crippen molar-refractivity contribution < 1.29 is 4.74 Å². The first-order valence-corrected chi connectivity index (χ1v) is 7.22. The zero-order valence-electron chi connectivity index (χ0n) is 12.1. The molecule has 0 radical (unpaired) electrons. The van der Waals surface area contributed by atoms with Crippen LogP contribution in [0.3, 0.4) is 0 Å². The SMILES string of the molecule is CCCNCc1ccncc1N1CCC(COC)C1. The molecule has 1 fully saturated rings. The second kappa shape index (κ2) is 7.46. The molecule has 1 aliphatic rings. The summed E-state index contributed by atoms with van der Waals surface area (Å²) < 4.78 is 5.27. The number of methoxy groups -OCH3 is 1. The van der Waals surface area contributed by atoms with Crippen molar-refractivity contribution in [1.29, 1.82) is 0 Å². The fourth-order valence-corrected chi connectivity index (χ4v) is 2.67. The summed E-state index contributed by atoms with van der Waals surface area (Å²) in [4.78, 5) is 6.73. The van der Waals surface area contributed by atoms with Gasteiger partial charge in [0.2, 0.25) is 0 Å². The number of pyridine rings is 1. The Kier molecular flexibility index (Phi) is 5.61. The Morgan fingerprint density at radius 3 is 3.21 bits per heavy atom. The van der Waals surface area contributed by atoms with Crippen molar-refractivity contribution in [1.82, 2.24) is 10.3 Å². The Morgan fingerprint density at radius 2 is 2.42 bits per heavy atom. The van der Waals surface area contributed by atoms with Crippen LogP contribution in [0.2, 0.25) is 0 Å². The van der Waals surface area contributed by atoms with Crippen LogP contribution in [0, 0.1) is 5.92 Å². The van der Waals surface area contributed by atoms with Gasteiger partial charge >= 0.3 is 0 Å². The van der Waals surface area contributed by atoms with Crippen LogP contribution in [0.4, 0.5) is 5.69 Å². The molecule has 1 aromatic rings. The average Bonchev–Trinajstić information content (AvgIpc) is 2.89. The molecule has 1 unspecified atom stereocenters. The van der Waals surface area contributed by atoms with Crippen LogP contribution in [0.25, 0.3) is 0 Å². The summed E-state index contributed by atoms with van der Waals surface area (Å²) in [7, 11) is 1.78. The largest absolute Gasteiger partial charge is 0.384 e. The maximum atomic E-state index is 5.27. The second-order valence-corrected chi connectivity index (χ2v) is 5.24. The highest BCUT2D eigenvalue weighted by molar-refractivity contribution is 5.52. The van der Waals surface area contributed by atoms with Gasteiger partial charge in [-0.2, -0.15) is 0 Å². The minimum absolute atomic E-state index is 0.654. The number of ether oxygens (including phenoxy) is 1. The smallest absolute Gasteiger partial charge is 0.0598 e. The number of rotatable bonds is 7. The molecule has 1 atom stereocenters. The molecule has 2 rings (SSSR count). The lowest BCUT2D eigenvalue weighted by molar-refractivity contribution is 0.161. The summed E-state index contributed by atoms with van der Waals surface area (Å²) >= 11 is 0. The Bertz CT molecular complexity index is 383. The molecule has 19 heavy (non-hydrogen) atoms. The molecule has 1 saturated heterocycles. The van der Waals surface area contributed by atoms with Gasteiger partial charge in [0.15, 0.2) is 0 Å². The first-order chi connectivity index (χ1) is 9.35. The molecule has 0 saturated carbocycles. The van der Waals surface area contributed by atoms with Crippen LogP contribution >= 0.6 is 0 Å². The summed E-state index contributed by atoms with van der Waals surface area (Å²) in [5, 5.41) is 3.47. The molecule has 1 N–H and O–H groups in total. The van der Waals surface area contributed by atoms with E-state index in [1.54, 1.807) is 7.11 Å². The summed E-state index contributed by atoms with van der Waals surface area (Å²) in [6.45, 7) is 7.24. The summed E-state index contributed by atoms with van der Waals surface area (Å²) in [6, 6.07) is 2.13. The molecule has 0 spiro atoms. The number of aromatic nitrogens is 1. The summed E-state index contributed by atoms with van der Waals surface area (Å²) in [6.07, 6.45) is 6.26. The predicted octanol–water partition coefficient (Wildman–Crippen LogP) is 2.05. The lowest BCUT2D eigenvalue weighted by atomic mass is 10.1. The molecule has 4 heteroatoms. The molecule has 1 aliphatic heterocycles. The van der Waals surface area contributed by atoms with Gasteiger partial charge in [-0.1, -0.05) is 6.92 Å². The standard InChI is InChI=1S/C15H25N3O/c1-3-6-16-9-14-4-7-17-10-15(14)18-8-5-13(11-18)12-19-2/h4,7,10,13,16H,3,5-6,8-9,11-12H2,1-2H3. The van der Waals surface area contributed by atoms with Crippen LogP contribution in [-0.4, -0.2) is 38.3 Å². The average molecular weight is 263 g/mol. The van der Waals surface area contributed by atoms with E-state index in [1.165, 1.54) is 24.1 Å². The van der Waals surface area contributed by atoms with Gasteiger partial charge in [0.05, 0.1) is 18.5 Å². The number of nitrogens with zero attached hydrogens (tertiary/aromatic N) is 2. The zero-order chi connectivity index (χ0) is 13.5. The topological polar surface area (TPSA) is 37.4 Å². The first kappa shape index (κ1) is 14.3. The predicted molar refractivity (Wildman–Crippen MR) is 78.4 cm³/mol. The number of nitrogens with one attached hydrogen (secondary N) is 1. The highest BCUT2D eigenvalue weighted by atomic mass is 16.5. The highest BCUT2D eigenvalue weighted by Crippen LogP contribution is 2.26. The molecule has 2 heterocycles. The molecule has 0 amide bonds. The monoisotopic (exact) mass is 263 g/mol. The van der Waals surface area contributed by atoms with Crippen LogP contribution < -0.4 is 10.2 Å². The van der Waals surface area contributed by atoms with Gasteiger partial charge in [-0.05, 0) is 31.0 Å². The lowest BCUT2D eigenvalue weighted by Gasteiger charge is -2.21. The van der Waals surface area contributed by atoms with E-state index in [0.29, 0.717) is 5.92 Å². The Morgan fingerprint density at radius 1 is 1.53 bits per heavy atom. The van der Waals surface area contributed by atoms with Gasteiger partial charge in [-0.25, -0.2) is 0 Å². The van der Waals surface area contributed by atoms with E-state index in [9.17, 15) is 0 Å². The van der Waals surface area contributed by atoms with Crippen LogP contribution in [0.15, 0.2) is 18.5 Å². The molecule has 0 aliphatic carbocycles. The van der Waals surface area contributed by atoms with E-state index in [0.717, 1.165) is 32.8 Å². The number of anilines is 1. The maximum absolute atomic E-state index is 5.27. The third kappa shape index (κ3) is 3.91. The number of hydrogen-bond acceptors (Lipinski definition) is 4. The van der Waals surface area contributed by atoms with Crippen molar-refractivity contribution >= 4 is 5.69 Å². The van der Waals surface area contributed by atoms with Crippen LogP contribution in [0.1, 0.15) is 25.3 Å². The minimum Gasteiger partial charge on any atom is -0.384 e. The van der Waals surface area contributed by atoms with Gasteiger partial charge in [0, 0.05) is 38.9 Å². The van der Waals surface area contributed by atoms with E-state index < -0.39 is 0 Å². The summed E-state index contributed by atoms with van der Waals surface area (Å²) in [5.74, 6) is 0.654. The van der Waals surface area contributed by atoms with Gasteiger partial charge in [0.1, 0.15) is 0 Å². The van der Waals surface area contributed by atoms with Gasteiger partial charge in [-0.15, -0.1) is 0 Å². The Balaban J connectivity index is 1.99. The molecule has 106 valence electrons.